The van der Waals surface area contributed by atoms with Crippen LogP contribution in [0.15, 0.2) is 18.2 Å². The van der Waals surface area contributed by atoms with Crippen molar-refractivity contribution in [3.8, 4) is 0 Å². The van der Waals surface area contributed by atoms with Gasteiger partial charge < -0.3 is 4.90 Å². The van der Waals surface area contributed by atoms with Crippen molar-refractivity contribution >= 4 is 5.69 Å². The fourth-order valence-corrected chi connectivity index (χ4v) is 3.58. The molecule has 2 saturated heterocycles. The van der Waals surface area contributed by atoms with Gasteiger partial charge in [0.1, 0.15) is 5.82 Å². The molecule has 2 atom stereocenters. The summed E-state index contributed by atoms with van der Waals surface area (Å²) in [6, 6.07) is 6.71. The van der Waals surface area contributed by atoms with Crippen LogP contribution < -0.4 is 4.90 Å². The number of halogens is 1. The Morgan fingerprint density at radius 2 is 2.16 bits per heavy atom. The molecule has 2 fully saturated rings. The summed E-state index contributed by atoms with van der Waals surface area (Å²) in [5.74, 6) is -0.0649. The standard InChI is InChI=1S/C16H23FN2/c1-3-13-10-18-8-4-5-14(18)11-19(13)16-7-6-12(2)9-15(16)17/h6-7,9,13-14H,3-5,8,10-11H2,1-2H3. The number of fused-ring (bicyclic) bond motifs is 1. The minimum Gasteiger partial charge on any atom is -0.363 e. The predicted molar refractivity (Wildman–Crippen MR) is 77.2 cm³/mol. The predicted octanol–water partition coefficient (Wildman–Crippen LogP) is 3.20. The van der Waals surface area contributed by atoms with Crippen LogP contribution in [0.2, 0.25) is 0 Å². The van der Waals surface area contributed by atoms with Crippen molar-refractivity contribution in [1.29, 1.82) is 0 Å². The van der Waals surface area contributed by atoms with Crippen LogP contribution in [0.3, 0.4) is 0 Å². The molecule has 2 nitrogen and oxygen atoms in total. The Kier molecular flexibility index (Phi) is 3.48. The van der Waals surface area contributed by atoms with Crippen molar-refractivity contribution in [2.45, 2.75) is 45.2 Å². The number of rotatable bonds is 2. The van der Waals surface area contributed by atoms with Crippen molar-refractivity contribution in [3.05, 3.63) is 29.6 Å². The minimum absolute atomic E-state index is 0.0649. The van der Waals surface area contributed by atoms with Gasteiger partial charge in [-0.2, -0.15) is 0 Å². The van der Waals surface area contributed by atoms with Gasteiger partial charge in [0.05, 0.1) is 5.69 Å². The van der Waals surface area contributed by atoms with E-state index >= 15 is 0 Å². The van der Waals surface area contributed by atoms with Crippen molar-refractivity contribution in [2.75, 3.05) is 24.5 Å². The molecule has 1 aromatic carbocycles. The number of nitrogens with zero attached hydrogens (tertiary/aromatic N) is 2. The molecule has 2 unspecified atom stereocenters. The summed E-state index contributed by atoms with van der Waals surface area (Å²) >= 11 is 0. The van der Waals surface area contributed by atoms with E-state index in [4.69, 9.17) is 0 Å². The fraction of sp³-hybridized carbons (Fsp3) is 0.625. The van der Waals surface area contributed by atoms with E-state index in [1.807, 2.05) is 19.1 Å². The number of hydrogen-bond donors (Lipinski definition) is 0. The molecule has 0 spiro atoms. The van der Waals surface area contributed by atoms with Gasteiger partial charge in [0.2, 0.25) is 0 Å². The highest BCUT2D eigenvalue weighted by molar-refractivity contribution is 5.51. The van der Waals surface area contributed by atoms with E-state index in [-0.39, 0.29) is 5.82 Å². The molecule has 3 heteroatoms. The summed E-state index contributed by atoms with van der Waals surface area (Å²) in [7, 11) is 0. The van der Waals surface area contributed by atoms with Crippen LogP contribution in [0.25, 0.3) is 0 Å². The summed E-state index contributed by atoms with van der Waals surface area (Å²) in [6.07, 6.45) is 3.64. The molecule has 2 aliphatic rings. The molecule has 0 saturated carbocycles. The summed E-state index contributed by atoms with van der Waals surface area (Å²) in [5.41, 5.74) is 1.79. The highest BCUT2D eigenvalue weighted by Crippen LogP contribution is 2.31. The van der Waals surface area contributed by atoms with Crippen LogP contribution >= 0.6 is 0 Å². The lowest BCUT2D eigenvalue weighted by Gasteiger charge is -2.45. The smallest absolute Gasteiger partial charge is 0.146 e. The number of anilines is 1. The molecule has 0 N–H and O–H groups in total. The average molecular weight is 262 g/mol. The molecule has 3 rings (SSSR count). The van der Waals surface area contributed by atoms with Crippen LogP contribution in [-0.2, 0) is 0 Å². The molecule has 0 aromatic heterocycles. The normalized spacial score (nSPS) is 27.6. The second kappa shape index (κ2) is 5.12. The van der Waals surface area contributed by atoms with Gasteiger partial charge in [-0.15, -0.1) is 0 Å². The van der Waals surface area contributed by atoms with Gasteiger partial charge in [-0.1, -0.05) is 13.0 Å². The maximum absolute atomic E-state index is 14.2. The van der Waals surface area contributed by atoms with Crippen LogP contribution in [0, 0.1) is 12.7 Å². The average Bonchev–Trinajstić information content (AvgIpc) is 2.84. The number of benzene rings is 1. The Hall–Kier alpha value is -1.09. The van der Waals surface area contributed by atoms with E-state index in [0.717, 1.165) is 30.8 Å². The minimum atomic E-state index is -0.0649. The Bertz CT molecular complexity index is 460. The maximum Gasteiger partial charge on any atom is 0.146 e. The quantitative estimate of drug-likeness (QED) is 0.807. The van der Waals surface area contributed by atoms with Crippen molar-refractivity contribution in [3.63, 3.8) is 0 Å². The highest BCUT2D eigenvalue weighted by atomic mass is 19.1. The van der Waals surface area contributed by atoms with E-state index < -0.39 is 0 Å². The van der Waals surface area contributed by atoms with Crippen LogP contribution in [0.5, 0.6) is 0 Å². The van der Waals surface area contributed by atoms with E-state index in [0.29, 0.717) is 12.1 Å². The van der Waals surface area contributed by atoms with Crippen LogP contribution in [0.1, 0.15) is 31.7 Å². The molecule has 104 valence electrons. The zero-order chi connectivity index (χ0) is 13.4. The first-order valence-electron chi connectivity index (χ1n) is 7.46. The van der Waals surface area contributed by atoms with E-state index in [1.165, 1.54) is 19.4 Å². The first kappa shape index (κ1) is 12.9. The molecule has 0 amide bonds. The third-order valence-electron chi connectivity index (χ3n) is 4.68. The van der Waals surface area contributed by atoms with Crippen LogP contribution in [-0.4, -0.2) is 36.6 Å². The molecule has 0 aliphatic carbocycles. The number of hydrogen-bond acceptors (Lipinski definition) is 2. The maximum atomic E-state index is 14.2. The molecule has 0 bridgehead atoms. The molecule has 1 aromatic rings. The molecular weight excluding hydrogens is 239 g/mol. The van der Waals surface area contributed by atoms with Gasteiger partial charge >= 0.3 is 0 Å². The summed E-state index contributed by atoms with van der Waals surface area (Å²) < 4.78 is 14.2. The lowest BCUT2D eigenvalue weighted by atomic mass is 10.0. The van der Waals surface area contributed by atoms with Crippen molar-refractivity contribution in [2.24, 2.45) is 0 Å². The molecule has 19 heavy (non-hydrogen) atoms. The zero-order valence-corrected chi connectivity index (χ0v) is 11.9. The molecule has 0 radical (unpaired) electrons. The summed E-state index contributed by atoms with van der Waals surface area (Å²) in [4.78, 5) is 4.90. The molecular formula is C16H23FN2. The second-order valence-electron chi connectivity index (χ2n) is 5.96. The first-order valence-corrected chi connectivity index (χ1v) is 7.46. The van der Waals surface area contributed by atoms with Gasteiger partial charge in [0.25, 0.3) is 0 Å². The van der Waals surface area contributed by atoms with E-state index in [2.05, 4.69) is 16.7 Å². The van der Waals surface area contributed by atoms with Gasteiger partial charge in [-0.25, -0.2) is 4.39 Å². The highest BCUT2D eigenvalue weighted by Gasteiger charge is 2.36. The van der Waals surface area contributed by atoms with E-state index in [9.17, 15) is 4.39 Å². The third kappa shape index (κ3) is 2.36. The molecule has 2 heterocycles. The lowest BCUT2D eigenvalue weighted by molar-refractivity contribution is 0.194. The van der Waals surface area contributed by atoms with E-state index in [1.54, 1.807) is 6.07 Å². The lowest BCUT2D eigenvalue weighted by Crippen LogP contribution is -2.56. The Labute approximate surface area is 115 Å². The Morgan fingerprint density at radius 3 is 2.89 bits per heavy atom. The Balaban J connectivity index is 1.88. The Morgan fingerprint density at radius 1 is 1.32 bits per heavy atom. The number of piperazine rings is 1. The zero-order valence-electron chi connectivity index (χ0n) is 11.9. The summed E-state index contributed by atoms with van der Waals surface area (Å²) in [6.45, 7) is 7.46. The number of aryl methyl sites for hydroxylation is 1. The van der Waals surface area contributed by atoms with Crippen LogP contribution in [0.4, 0.5) is 10.1 Å². The van der Waals surface area contributed by atoms with Crippen molar-refractivity contribution < 1.29 is 4.39 Å². The third-order valence-corrected chi connectivity index (χ3v) is 4.68. The molecule has 2 aliphatic heterocycles. The first-order chi connectivity index (χ1) is 9.19. The van der Waals surface area contributed by atoms with Gasteiger partial charge in [-0.3, -0.25) is 4.90 Å². The SMILES string of the molecule is CCC1CN2CCCC2CN1c1ccc(C)cc1F. The fourth-order valence-electron chi connectivity index (χ4n) is 3.58. The van der Waals surface area contributed by atoms with Crippen molar-refractivity contribution in [1.82, 2.24) is 4.90 Å². The second-order valence-corrected chi connectivity index (χ2v) is 5.96. The van der Waals surface area contributed by atoms with Gasteiger partial charge in [0, 0.05) is 25.2 Å². The van der Waals surface area contributed by atoms with Gasteiger partial charge in [0.15, 0.2) is 0 Å². The van der Waals surface area contributed by atoms with Gasteiger partial charge in [-0.05, 0) is 50.4 Å². The summed E-state index contributed by atoms with van der Waals surface area (Å²) in [5, 5.41) is 0. The monoisotopic (exact) mass is 262 g/mol. The largest absolute Gasteiger partial charge is 0.363 e. The topological polar surface area (TPSA) is 6.48 Å².